The molecule has 0 spiro atoms. The Bertz CT molecular complexity index is 863. The lowest BCUT2D eigenvalue weighted by atomic mass is 10.2. The first-order valence-corrected chi connectivity index (χ1v) is 9.02. The van der Waals surface area contributed by atoms with Crippen LogP contribution in [0.15, 0.2) is 72.0 Å². The van der Waals surface area contributed by atoms with Crippen molar-refractivity contribution >= 4 is 29.9 Å². The molecule has 1 heterocycles. The summed E-state index contributed by atoms with van der Waals surface area (Å²) in [7, 11) is 1.67. The number of nitrogens with zero attached hydrogens (tertiary/aromatic N) is 3. The molecule has 0 saturated carbocycles. The number of guanidine groups is 1. The van der Waals surface area contributed by atoms with Crippen LogP contribution in [0.5, 0.6) is 5.75 Å². The quantitative estimate of drug-likeness (QED) is 0.300. The van der Waals surface area contributed by atoms with Gasteiger partial charge in [0.05, 0.1) is 19.3 Å². The smallest absolute Gasteiger partial charge is 0.191 e. The predicted octanol–water partition coefficient (Wildman–Crippen LogP) is 3.75. The Morgan fingerprint density at radius 3 is 2.57 bits per heavy atom. The third-order valence-corrected chi connectivity index (χ3v) is 4.06. The van der Waals surface area contributed by atoms with E-state index in [-0.39, 0.29) is 24.0 Å². The lowest BCUT2D eigenvalue weighted by molar-refractivity contribution is 0.414. The largest absolute Gasteiger partial charge is 0.497 e. The van der Waals surface area contributed by atoms with Gasteiger partial charge in [-0.3, -0.25) is 0 Å². The van der Waals surface area contributed by atoms with E-state index < -0.39 is 0 Å². The molecule has 0 aliphatic carbocycles. The molecule has 0 amide bonds. The van der Waals surface area contributed by atoms with Gasteiger partial charge < -0.3 is 15.4 Å². The minimum Gasteiger partial charge on any atom is -0.497 e. The van der Waals surface area contributed by atoms with Crippen molar-refractivity contribution in [2.75, 3.05) is 13.7 Å². The lowest BCUT2D eigenvalue weighted by Gasteiger charge is -2.12. The standard InChI is InChI=1S/C21H25N5O.HI/c1-3-22-21(24-16-18-6-4-7-20(14-18)27-2)23-15-17-8-10-19(11-9-17)26-13-5-12-25-26;/h4-14H,3,15-16H2,1-2H3,(H2,22,23,24);1H. The van der Waals surface area contributed by atoms with Gasteiger partial charge in [0.15, 0.2) is 5.96 Å². The van der Waals surface area contributed by atoms with Gasteiger partial charge in [-0.1, -0.05) is 24.3 Å². The average Bonchev–Trinajstić information content (AvgIpc) is 3.25. The monoisotopic (exact) mass is 491 g/mol. The highest BCUT2D eigenvalue weighted by atomic mass is 127. The molecule has 0 atom stereocenters. The van der Waals surface area contributed by atoms with Gasteiger partial charge in [-0.2, -0.15) is 5.10 Å². The topological polar surface area (TPSA) is 63.5 Å². The van der Waals surface area contributed by atoms with E-state index in [2.05, 4.69) is 51.9 Å². The summed E-state index contributed by atoms with van der Waals surface area (Å²) < 4.78 is 7.11. The van der Waals surface area contributed by atoms with E-state index >= 15 is 0 Å². The van der Waals surface area contributed by atoms with Crippen molar-refractivity contribution in [2.24, 2.45) is 4.99 Å². The van der Waals surface area contributed by atoms with Crippen LogP contribution in [-0.4, -0.2) is 29.4 Å². The Balaban J connectivity index is 0.00000280. The van der Waals surface area contributed by atoms with Gasteiger partial charge in [-0.25, -0.2) is 9.67 Å². The van der Waals surface area contributed by atoms with Crippen molar-refractivity contribution < 1.29 is 4.74 Å². The van der Waals surface area contributed by atoms with Crippen LogP contribution in [0, 0.1) is 0 Å². The number of aliphatic imine (C=N–C) groups is 1. The van der Waals surface area contributed by atoms with E-state index in [0.717, 1.165) is 29.5 Å². The van der Waals surface area contributed by atoms with Crippen LogP contribution in [0.1, 0.15) is 18.1 Å². The Hall–Kier alpha value is -2.55. The summed E-state index contributed by atoms with van der Waals surface area (Å²) in [4.78, 5) is 4.66. The number of methoxy groups -OCH3 is 1. The summed E-state index contributed by atoms with van der Waals surface area (Å²) in [5, 5.41) is 10.9. The summed E-state index contributed by atoms with van der Waals surface area (Å²) in [5.74, 6) is 1.63. The van der Waals surface area contributed by atoms with Gasteiger partial charge in [0.1, 0.15) is 5.75 Å². The van der Waals surface area contributed by atoms with Crippen molar-refractivity contribution in [2.45, 2.75) is 20.0 Å². The average molecular weight is 491 g/mol. The zero-order valence-electron chi connectivity index (χ0n) is 16.1. The number of hydrogen-bond donors (Lipinski definition) is 2. The fourth-order valence-corrected chi connectivity index (χ4v) is 2.66. The molecule has 0 saturated heterocycles. The molecule has 0 unspecified atom stereocenters. The molecule has 3 rings (SSSR count). The van der Waals surface area contributed by atoms with Gasteiger partial charge in [0.25, 0.3) is 0 Å². The molecule has 0 radical (unpaired) electrons. The number of rotatable bonds is 7. The lowest BCUT2D eigenvalue weighted by Crippen LogP contribution is -2.36. The molecule has 7 heteroatoms. The number of hydrogen-bond acceptors (Lipinski definition) is 3. The normalized spacial score (nSPS) is 10.9. The van der Waals surface area contributed by atoms with E-state index in [0.29, 0.717) is 13.1 Å². The minimum atomic E-state index is 0. The van der Waals surface area contributed by atoms with E-state index in [1.807, 2.05) is 41.2 Å². The molecular formula is C21H26IN5O. The maximum absolute atomic E-state index is 5.27. The van der Waals surface area contributed by atoms with E-state index in [1.165, 1.54) is 5.56 Å². The number of nitrogens with one attached hydrogen (secondary N) is 2. The van der Waals surface area contributed by atoms with E-state index in [9.17, 15) is 0 Å². The van der Waals surface area contributed by atoms with Crippen LogP contribution in [0.2, 0.25) is 0 Å². The highest BCUT2D eigenvalue weighted by Crippen LogP contribution is 2.13. The molecule has 2 aromatic carbocycles. The summed E-state index contributed by atoms with van der Waals surface area (Å²) in [6, 6.07) is 18.2. The van der Waals surface area contributed by atoms with Crippen LogP contribution in [0.3, 0.4) is 0 Å². The van der Waals surface area contributed by atoms with E-state index in [1.54, 1.807) is 13.3 Å². The SMILES string of the molecule is CCNC(=NCc1cccc(OC)c1)NCc1ccc(-n2cccn2)cc1.I. The third-order valence-electron chi connectivity index (χ3n) is 4.06. The van der Waals surface area contributed by atoms with Gasteiger partial charge in [-0.15, -0.1) is 24.0 Å². The Kier molecular flexibility index (Phi) is 8.80. The second-order valence-electron chi connectivity index (χ2n) is 6.02. The van der Waals surface area contributed by atoms with Crippen LogP contribution in [0.25, 0.3) is 5.69 Å². The summed E-state index contributed by atoms with van der Waals surface area (Å²) in [5.41, 5.74) is 3.33. The molecular weight excluding hydrogens is 465 g/mol. The second kappa shape index (κ2) is 11.3. The maximum atomic E-state index is 5.27. The summed E-state index contributed by atoms with van der Waals surface area (Å²) >= 11 is 0. The van der Waals surface area contributed by atoms with Gasteiger partial charge >= 0.3 is 0 Å². The first-order chi connectivity index (χ1) is 13.3. The van der Waals surface area contributed by atoms with Crippen molar-refractivity contribution in [1.29, 1.82) is 0 Å². The number of aromatic nitrogens is 2. The number of ether oxygens (including phenoxy) is 1. The molecule has 0 fully saturated rings. The van der Waals surface area contributed by atoms with Crippen LogP contribution in [0.4, 0.5) is 0 Å². The van der Waals surface area contributed by atoms with Gasteiger partial charge in [0, 0.05) is 25.5 Å². The van der Waals surface area contributed by atoms with Crippen LogP contribution < -0.4 is 15.4 Å². The fraction of sp³-hybridized carbons (Fsp3) is 0.238. The zero-order valence-corrected chi connectivity index (χ0v) is 18.5. The third kappa shape index (κ3) is 6.26. The first-order valence-electron chi connectivity index (χ1n) is 9.02. The number of benzene rings is 2. The Morgan fingerprint density at radius 2 is 1.89 bits per heavy atom. The molecule has 28 heavy (non-hydrogen) atoms. The van der Waals surface area contributed by atoms with E-state index in [4.69, 9.17) is 4.74 Å². The first kappa shape index (κ1) is 21.7. The molecule has 0 aliphatic heterocycles. The molecule has 0 bridgehead atoms. The highest BCUT2D eigenvalue weighted by molar-refractivity contribution is 14.0. The van der Waals surface area contributed by atoms with Crippen molar-refractivity contribution in [1.82, 2.24) is 20.4 Å². The van der Waals surface area contributed by atoms with Gasteiger partial charge in [-0.05, 0) is 48.4 Å². The second-order valence-corrected chi connectivity index (χ2v) is 6.02. The Morgan fingerprint density at radius 1 is 1.07 bits per heavy atom. The predicted molar refractivity (Wildman–Crippen MR) is 124 cm³/mol. The maximum Gasteiger partial charge on any atom is 0.191 e. The molecule has 3 aromatic rings. The van der Waals surface area contributed by atoms with Crippen LogP contribution in [-0.2, 0) is 13.1 Å². The molecule has 148 valence electrons. The molecule has 1 aromatic heterocycles. The Labute approximate surface area is 183 Å². The molecule has 6 nitrogen and oxygen atoms in total. The molecule has 2 N–H and O–H groups in total. The minimum absolute atomic E-state index is 0. The summed E-state index contributed by atoms with van der Waals surface area (Å²) in [6.07, 6.45) is 3.71. The number of halogens is 1. The highest BCUT2D eigenvalue weighted by Gasteiger charge is 2.01. The van der Waals surface area contributed by atoms with Crippen molar-refractivity contribution in [3.8, 4) is 11.4 Å². The van der Waals surface area contributed by atoms with Crippen LogP contribution >= 0.6 is 24.0 Å². The van der Waals surface area contributed by atoms with Gasteiger partial charge in [0.2, 0.25) is 0 Å². The summed E-state index contributed by atoms with van der Waals surface area (Å²) in [6.45, 7) is 4.15. The van der Waals surface area contributed by atoms with Crippen molar-refractivity contribution in [3.63, 3.8) is 0 Å². The molecule has 0 aliphatic rings. The zero-order chi connectivity index (χ0) is 18.9. The van der Waals surface area contributed by atoms with Crippen molar-refractivity contribution in [3.05, 3.63) is 78.1 Å². The fourth-order valence-electron chi connectivity index (χ4n) is 2.66.